The number of hydrogen-bond acceptors (Lipinski definition) is 4. The smallest absolute Gasteiger partial charge is 0.251 e. The number of nitrogens with zero attached hydrogens (tertiary/aromatic N) is 1. The molecular weight excluding hydrogens is 356 g/mol. The van der Waals surface area contributed by atoms with E-state index in [0.29, 0.717) is 25.9 Å². The minimum atomic E-state index is -0.501. The lowest BCUT2D eigenvalue weighted by molar-refractivity contribution is -0.137. The van der Waals surface area contributed by atoms with Gasteiger partial charge in [0.15, 0.2) is 11.5 Å². The van der Waals surface area contributed by atoms with E-state index in [-0.39, 0.29) is 23.7 Å². The number of carbonyl (C=O) groups is 2. The van der Waals surface area contributed by atoms with Crippen LogP contribution in [0.25, 0.3) is 0 Å². The quantitative estimate of drug-likeness (QED) is 0.854. The van der Waals surface area contributed by atoms with Gasteiger partial charge in [-0.15, -0.1) is 0 Å². The molecule has 6 heteroatoms. The minimum absolute atomic E-state index is 0.00599. The summed E-state index contributed by atoms with van der Waals surface area (Å²) in [6.07, 6.45) is 6.71. The van der Waals surface area contributed by atoms with Crippen LogP contribution in [0.5, 0.6) is 11.5 Å². The SMILES string of the molecule is CC(C)C(=O)N1CCC(C(=O)Nc2ccc3c(c2)OC2(CCCCC2)O3)CC1. The van der Waals surface area contributed by atoms with Crippen LogP contribution >= 0.6 is 0 Å². The first kappa shape index (κ1) is 19.1. The lowest BCUT2D eigenvalue weighted by Gasteiger charge is -2.32. The molecule has 1 aromatic rings. The van der Waals surface area contributed by atoms with Crippen LogP contribution in [-0.4, -0.2) is 35.6 Å². The molecule has 2 fully saturated rings. The molecule has 3 aliphatic rings. The highest BCUT2D eigenvalue weighted by Gasteiger charge is 2.42. The van der Waals surface area contributed by atoms with Crippen LogP contribution in [0.4, 0.5) is 5.69 Å². The molecule has 1 aliphatic carbocycles. The summed E-state index contributed by atoms with van der Waals surface area (Å²) in [6.45, 7) is 5.13. The fourth-order valence-corrected chi connectivity index (χ4v) is 4.44. The van der Waals surface area contributed by atoms with Gasteiger partial charge in [-0.05, 0) is 37.8 Å². The van der Waals surface area contributed by atoms with E-state index in [1.165, 1.54) is 6.42 Å². The standard InChI is InChI=1S/C22H30N2O4/c1-15(2)21(26)24-12-8-16(9-13-24)20(25)23-17-6-7-18-19(14-17)28-22(27-18)10-4-3-5-11-22/h6-7,14-16H,3-5,8-13H2,1-2H3,(H,23,25). The van der Waals surface area contributed by atoms with Gasteiger partial charge >= 0.3 is 0 Å². The number of anilines is 1. The van der Waals surface area contributed by atoms with Crippen LogP contribution < -0.4 is 14.8 Å². The molecule has 0 atom stereocenters. The number of amides is 2. The molecule has 0 radical (unpaired) electrons. The molecule has 28 heavy (non-hydrogen) atoms. The Hall–Kier alpha value is -2.24. The Morgan fingerprint density at radius 2 is 1.75 bits per heavy atom. The predicted octanol–water partition coefficient (Wildman–Crippen LogP) is 3.95. The molecule has 0 aromatic heterocycles. The number of likely N-dealkylation sites (tertiary alicyclic amines) is 1. The molecule has 4 rings (SSSR count). The monoisotopic (exact) mass is 386 g/mol. The fraction of sp³-hybridized carbons (Fsp3) is 0.636. The Bertz CT molecular complexity index is 747. The van der Waals surface area contributed by atoms with Gasteiger partial charge in [0.05, 0.1) is 0 Å². The highest BCUT2D eigenvalue weighted by atomic mass is 16.7. The van der Waals surface area contributed by atoms with Crippen molar-refractivity contribution in [3.05, 3.63) is 18.2 Å². The lowest BCUT2D eigenvalue weighted by atomic mass is 9.94. The zero-order chi connectivity index (χ0) is 19.7. The summed E-state index contributed by atoms with van der Waals surface area (Å²) in [6, 6.07) is 5.63. The summed E-state index contributed by atoms with van der Waals surface area (Å²) in [5.74, 6) is 1.11. The lowest BCUT2D eigenvalue weighted by Crippen LogP contribution is -2.43. The second-order valence-corrected chi connectivity index (χ2v) is 8.58. The summed E-state index contributed by atoms with van der Waals surface area (Å²) in [5.41, 5.74) is 0.737. The molecule has 2 aliphatic heterocycles. The van der Waals surface area contributed by atoms with Gasteiger partial charge in [-0.3, -0.25) is 9.59 Å². The molecule has 1 aromatic carbocycles. The van der Waals surface area contributed by atoms with Gasteiger partial charge in [0, 0.05) is 49.5 Å². The van der Waals surface area contributed by atoms with Gasteiger partial charge in [-0.2, -0.15) is 0 Å². The average Bonchev–Trinajstić information content (AvgIpc) is 3.04. The Morgan fingerprint density at radius 3 is 2.43 bits per heavy atom. The van der Waals surface area contributed by atoms with E-state index in [9.17, 15) is 9.59 Å². The van der Waals surface area contributed by atoms with Crippen LogP contribution in [0.2, 0.25) is 0 Å². The summed E-state index contributed by atoms with van der Waals surface area (Å²) in [7, 11) is 0. The van der Waals surface area contributed by atoms with Crippen molar-refractivity contribution in [3.63, 3.8) is 0 Å². The number of fused-ring (bicyclic) bond motifs is 1. The van der Waals surface area contributed by atoms with E-state index in [2.05, 4.69) is 5.32 Å². The first-order valence-electron chi connectivity index (χ1n) is 10.6. The summed E-state index contributed by atoms with van der Waals surface area (Å²) in [4.78, 5) is 26.7. The Labute approximate surface area is 166 Å². The second kappa shape index (κ2) is 7.64. The molecule has 0 unspecified atom stereocenters. The van der Waals surface area contributed by atoms with E-state index < -0.39 is 5.79 Å². The van der Waals surface area contributed by atoms with Gasteiger partial charge in [0.1, 0.15) is 0 Å². The number of piperidine rings is 1. The average molecular weight is 386 g/mol. The normalized spacial score (nSPS) is 21.2. The van der Waals surface area contributed by atoms with E-state index in [1.54, 1.807) is 0 Å². The van der Waals surface area contributed by atoms with Crippen LogP contribution in [0, 0.1) is 11.8 Å². The number of carbonyl (C=O) groups excluding carboxylic acids is 2. The van der Waals surface area contributed by atoms with Gasteiger partial charge < -0.3 is 19.7 Å². The molecule has 1 spiro atoms. The summed E-state index contributed by atoms with van der Waals surface area (Å²) < 4.78 is 12.2. The third-order valence-corrected chi connectivity index (χ3v) is 6.09. The molecular formula is C22H30N2O4. The summed E-state index contributed by atoms with van der Waals surface area (Å²) >= 11 is 0. The van der Waals surface area contributed by atoms with Crippen molar-refractivity contribution >= 4 is 17.5 Å². The van der Waals surface area contributed by atoms with Crippen molar-refractivity contribution in [1.82, 2.24) is 4.90 Å². The summed E-state index contributed by atoms with van der Waals surface area (Å²) in [5, 5.41) is 3.02. The third kappa shape index (κ3) is 3.82. The van der Waals surface area contributed by atoms with Crippen molar-refractivity contribution < 1.29 is 19.1 Å². The number of ether oxygens (including phenoxy) is 2. The second-order valence-electron chi connectivity index (χ2n) is 8.58. The number of hydrogen-bond donors (Lipinski definition) is 1. The van der Waals surface area contributed by atoms with Gasteiger partial charge in [0.2, 0.25) is 11.8 Å². The van der Waals surface area contributed by atoms with Crippen molar-refractivity contribution in [3.8, 4) is 11.5 Å². The maximum absolute atomic E-state index is 12.7. The highest BCUT2D eigenvalue weighted by Crippen LogP contribution is 2.46. The van der Waals surface area contributed by atoms with Gasteiger partial charge in [0.25, 0.3) is 5.79 Å². The highest BCUT2D eigenvalue weighted by molar-refractivity contribution is 5.93. The van der Waals surface area contributed by atoms with Crippen molar-refractivity contribution in [2.75, 3.05) is 18.4 Å². The molecule has 1 saturated carbocycles. The Morgan fingerprint density at radius 1 is 1.07 bits per heavy atom. The Kier molecular flexibility index (Phi) is 5.21. The number of benzene rings is 1. The zero-order valence-corrected chi connectivity index (χ0v) is 16.8. The first-order chi connectivity index (χ1) is 13.5. The van der Waals surface area contributed by atoms with Crippen molar-refractivity contribution in [2.45, 2.75) is 64.6 Å². The van der Waals surface area contributed by atoms with Crippen LogP contribution in [0.15, 0.2) is 18.2 Å². The molecule has 1 saturated heterocycles. The zero-order valence-electron chi connectivity index (χ0n) is 16.8. The number of rotatable bonds is 3. The fourth-order valence-electron chi connectivity index (χ4n) is 4.44. The van der Waals surface area contributed by atoms with E-state index in [4.69, 9.17) is 9.47 Å². The third-order valence-electron chi connectivity index (χ3n) is 6.09. The number of nitrogens with one attached hydrogen (secondary N) is 1. The molecule has 0 bridgehead atoms. The molecule has 6 nitrogen and oxygen atoms in total. The van der Waals surface area contributed by atoms with E-state index in [1.807, 2.05) is 36.9 Å². The largest absolute Gasteiger partial charge is 0.448 e. The topological polar surface area (TPSA) is 67.9 Å². The van der Waals surface area contributed by atoms with Crippen LogP contribution in [0.3, 0.4) is 0 Å². The first-order valence-corrected chi connectivity index (χ1v) is 10.6. The van der Waals surface area contributed by atoms with Gasteiger partial charge in [-0.25, -0.2) is 0 Å². The van der Waals surface area contributed by atoms with Gasteiger partial charge in [-0.1, -0.05) is 20.3 Å². The Balaban J connectivity index is 1.34. The van der Waals surface area contributed by atoms with E-state index in [0.717, 1.165) is 42.9 Å². The van der Waals surface area contributed by atoms with Crippen molar-refractivity contribution in [1.29, 1.82) is 0 Å². The molecule has 2 amide bonds. The maximum Gasteiger partial charge on any atom is 0.251 e. The van der Waals surface area contributed by atoms with E-state index >= 15 is 0 Å². The maximum atomic E-state index is 12.7. The predicted molar refractivity (Wildman–Crippen MR) is 106 cm³/mol. The minimum Gasteiger partial charge on any atom is -0.448 e. The molecule has 2 heterocycles. The molecule has 1 N–H and O–H groups in total. The van der Waals surface area contributed by atoms with Crippen LogP contribution in [-0.2, 0) is 9.59 Å². The van der Waals surface area contributed by atoms with Crippen LogP contribution in [0.1, 0.15) is 58.8 Å². The molecule has 152 valence electrons. The van der Waals surface area contributed by atoms with Crippen molar-refractivity contribution in [2.24, 2.45) is 11.8 Å².